The number of rotatable bonds is 3. The lowest BCUT2D eigenvalue weighted by Gasteiger charge is -2.25. The number of thiazole rings is 1. The number of para-hydroxylation sites is 1. The number of hydrogen-bond acceptors (Lipinski definition) is 5. The maximum absolute atomic E-state index is 11.7. The minimum atomic E-state index is -0.0177. The van der Waals surface area contributed by atoms with E-state index in [0.717, 1.165) is 47.1 Å². The van der Waals surface area contributed by atoms with Crippen molar-refractivity contribution in [2.45, 2.75) is 26.8 Å². The molecule has 4 rings (SSSR count). The lowest BCUT2D eigenvalue weighted by atomic mass is 10.1. The van der Waals surface area contributed by atoms with Crippen LogP contribution in [0.5, 0.6) is 0 Å². The van der Waals surface area contributed by atoms with Gasteiger partial charge in [0.25, 0.3) is 0 Å². The van der Waals surface area contributed by atoms with Crippen LogP contribution in [0.3, 0.4) is 0 Å². The molecule has 2 aromatic heterocycles. The lowest BCUT2D eigenvalue weighted by Crippen LogP contribution is -2.29. The number of nitrogens with one attached hydrogen (secondary N) is 1. The first-order valence-corrected chi connectivity index (χ1v) is 9.79. The summed E-state index contributed by atoms with van der Waals surface area (Å²) in [5, 5.41) is 4.08. The molecule has 3 aromatic rings. The Morgan fingerprint density at radius 3 is 2.92 bits per heavy atom. The second kappa shape index (κ2) is 6.27. The van der Waals surface area contributed by atoms with Crippen LogP contribution in [-0.2, 0) is 17.8 Å². The molecule has 1 amide bonds. The zero-order valence-corrected chi connectivity index (χ0v) is 15.4. The highest BCUT2D eigenvalue weighted by Gasteiger charge is 2.26. The predicted octanol–water partition coefficient (Wildman–Crippen LogP) is 4.36. The average molecular weight is 358 g/mol. The van der Waals surface area contributed by atoms with Crippen LogP contribution in [0.2, 0.25) is 0 Å². The minimum absolute atomic E-state index is 0.0177. The third-order valence-corrected chi connectivity index (χ3v) is 6.78. The Kier molecular flexibility index (Phi) is 4.12. The molecule has 0 aliphatic carbocycles. The largest absolute Gasteiger partial charge is 0.325 e. The molecule has 0 radical (unpaired) electrons. The number of thiophene rings is 1. The maximum atomic E-state index is 11.7. The number of benzene rings is 1. The van der Waals surface area contributed by atoms with Crippen LogP contribution in [0, 0.1) is 0 Å². The van der Waals surface area contributed by atoms with Crippen molar-refractivity contribution in [1.82, 2.24) is 9.88 Å². The summed E-state index contributed by atoms with van der Waals surface area (Å²) in [6, 6.07) is 8.19. The van der Waals surface area contributed by atoms with E-state index in [1.807, 2.05) is 18.2 Å². The Morgan fingerprint density at radius 1 is 1.33 bits per heavy atom. The van der Waals surface area contributed by atoms with Crippen molar-refractivity contribution in [1.29, 1.82) is 0 Å². The fourth-order valence-electron chi connectivity index (χ4n) is 3.15. The van der Waals surface area contributed by atoms with Crippen molar-refractivity contribution in [2.24, 2.45) is 0 Å². The summed E-state index contributed by atoms with van der Waals surface area (Å²) in [5.41, 5.74) is 3.30. The van der Waals surface area contributed by atoms with E-state index >= 15 is 0 Å². The van der Waals surface area contributed by atoms with Gasteiger partial charge in [-0.15, -0.1) is 22.7 Å². The summed E-state index contributed by atoms with van der Waals surface area (Å²) in [4.78, 5) is 21.4. The molecule has 6 heteroatoms. The molecule has 124 valence electrons. The highest BCUT2D eigenvalue weighted by molar-refractivity contribution is 7.26. The van der Waals surface area contributed by atoms with Gasteiger partial charge in [0, 0.05) is 24.9 Å². The van der Waals surface area contributed by atoms with Crippen LogP contribution in [0.15, 0.2) is 24.3 Å². The molecular formula is C18H19N3OS2. The van der Waals surface area contributed by atoms with Crippen LogP contribution < -0.4 is 5.32 Å². The molecule has 0 saturated heterocycles. The minimum Gasteiger partial charge on any atom is -0.325 e. The molecule has 0 fully saturated rings. The van der Waals surface area contributed by atoms with Gasteiger partial charge >= 0.3 is 0 Å². The normalized spacial score (nSPS) is 14.8. The van der Waals surface area contributed by atoms with Crippen molar-refractivity contribution in [3.63, 3.8) is 0 Å². The quantitative estimate of drug-likeness (QED) is 0.757. The van der Waals surface area contributed by atoms with E-state index < -0.39 is 0 Å². The smallest absolute Gasteiger partial charge is 0.221 e. The summed E-state index contributed by atoms with van der Waals surface area (Å²) in [7, 11) is 0. The fourth-order valence-corrected chi connectivity index (χ4v) is 5.55. The molecule has 1 aliphatic heterocycles. The average Bonchev–Trinajstić information content (AvgIpc) is 3.15. The molecule has 1 N–H and O–H groups in total. The molecule has 4 nitrogen and oxygen atoms in total. The van der Waals surface area contributed by atoms with Crippen LogP contribution in [-0.4, -0.2) is 28.9 Å². The van der Waals surface area contributed by atoms with Crippen molar-refractivity contribution in [3.8, 4) is 9.88 Å². The Balaban J connectivity index is 1.84. The number of nitrogens with zero attached hydrogens (tertiary/aromatic N) is 2. The van der Waals surface area contributed by atoms with Crippen molar-refractivity contribution < 1.29 is 4.79 Å². The van der Waals surface area contributed by atoms with Gasteiger partial charge in [0.2, 0.25) is 5.91 Å². The number of likely N-dealkylation sites (N-methyl/N-ethyl adjacent to an activating group) is 1. The van der Waals surface area contributed by atoms with Gasteiger partial charge in [0.15, 0.2) is 0 Å². The molecule has 3 heterocycles. The summed E-state index contributed by atoms with van der Waals surface area (Å²) < 4.78 is 1.18. The van der Waals surface area contributed by atoms with Gasteiger partial charge in [-0.25, -0.2) is 4.98 Å². The van der Waals surface area contributed by atoms with Gasteiger partial charge in [-0.3, -0.25) is 9.69 Å². The zero-order chi connectivity index (χ0) is 16.7. The van der Waals surface area contributed by atoms with E-state index in [0.29, 0.717) is 0 Å². The van der Waals surface area contributed by atoms with Crippen LogP contribution in [0.4, 0.5) is 5.69 Å². The Bertz CT molecular complexity index is 879. The molecule has 0 unspecified atom stereocenters. The van der Waals surface area contributed by atoms with E-state index in [1.165, 1.54) is 15.1 Å². The first-order chi connectivity index (χ1) is 11.7. The molecule has 1 aliphatic rings. The SMILES string of the molecule is CCN1CCc2c(sc(-c3nc4ccccc4s3)c2NC(C)=O)C1. The van der Waals surface area contributed by atoms with E-state index in [1.54, 1.807) is 29.6 Å². The highest BCUT2D eigenvalue weighted by atomic mass is 32.1. The van der Waals surface area contributed by atoms with E-state index in [9.17, 15) is 4.79 Å². The first-order valence-electron chi connectivity index (χ1n) is 8.16. The van der Waals surface area contributed by atoms with Gasteiger partial charge in [-0.05, 0) is 30.7 Å². The molecule has 0 saturated carbocycles. The number of amides is 1. The summed E-state index contributed by atoms with van der Waals surface area (Å²) in [5.74, 6) is -0.0177. The van der Waals surface area contributed by atoms with E-state index in [2.05, 4.69) is 23.2 Å². The number of carbonyl (C=O) groups is 1. The first kappa shape index (κ1) is 15.7. The van der Waals surface area contributed by atoms with Crippen molar-refractivity contribution >= 4 is 44.5 Å². The number of fused-ring (bicyclic) bond motifs is 2. The van der Waals surface area contributed by atoms with E-state index in [4.69, 9.17) is 4.98 Å². The second-order valence-electron chi connectivity index (χ2n) is 5.99. The Hall–Kier alpha value is -1.76. The number of hydrogen-bond donors (Lipinski definition) is 1. The highest BCUT2D eigenvalue weighted by Crippen LogP contribution is 2.45. The fraction of sp³-hybridized carbons (Fsp3) is 0.333. The summed E-state index contributed by atoms with van der Waals surface area (Å²) >= 11 is 3.48. The lowest BCUT2D eigenvalue weighted by molar-refractivity contribution is -0.114. The summed E-state index contributed by atoms with van der Waals surface area (Å²) in [6.45, 7) is 6.85. The number of carbonyl (C=O) groups excluding carboxylic acids is 1. The predicted molar refractivity (Wildman–Crippen MR) is 102 cm³/mol. The van der Waals surface area contributed by atoms with E-state index in [-0.39, 0.29) is 5.91 Å². The Labute approximate surface area is 149 Å². The maximum Gasteiger partial charge on any atom is 0.221 e. The number of aromatic nitrogens is 1. The monoisotopic (exact) mass is 357 g/mol. The molecule has 1 aromatic carbocycles. The van der Waals surface area contributed by atoms with Gasteiger partial charge in [0.1, 0.15) is 5.01 Å². The molecule has 0 bridgehead atoms. The van der Waals surface area contributed by atoms with Crippen molar-refractivity contribution in [2.75, 3.05) is 18.4 Å². The zero-order valence-electron chi connectivity index (χ0n) is 13.8. The second-order valence-corrected chi connectivity index (χ2v) is 8.13. The third-order valence-electron chi connectivity index (χ3n) is 4.37. The van der Waals surface area contributed by atoms with Gasteiger partial charge in [0.05, 0.1) is 20.8 Å². The summed E-state index contributed by atoms with van der Waals surface area (Å²) in [6.07, 6.45) is 0.986. The number of anilines is 1. The van der Waals surface area contributed by atoms with Gasteiger partial charge < -0.3 is 5.32 Å². The topological polar surface area (TPSA) is 45.2 Å². The molecular weight excluding hydrogens is 338 g/mol. The van der Waals surface area contributed by atoms with Crippen molar-refractivity contribution in [3.05, 3.63) is 34.7 Å². The van der Waals surface area contributed by atoms with Crippen LogP contribution >= 0.6 is 22.7 Å². The van der Waals surface area contributed by atoms with Gasteiger partial charge in [-0.1, -0.05) is 19.1 Å². The third kappa shape index (κ3) is 2.75. The standard InChI is InChI=1S/C18H19N3OS2/c1-3-21-9-8-12-15(10-21)23-17(16(12)19-11(2)22)18-20-13-6-4-5-7-14(13)24-18/h4-7H,3,8-10H2,1-2H3,(H,19,22). The van der Waals surface area contributed by atoms with Gasteiger partial charge in [-0.2, -0.15) is 0 Å². The molecule has 0 atom stereocenters. The molecule has 0 spiro atoms. The van der Waals surface area contributed by atoms with Crippen LogP contribution in [0.25, 0.3) is 20.1 Å². The Morgan fingerprint density at radius 2 is 2.17 bits per heavy atom. The van der Waals surface area contributed by atoms with Crippen LogP contribution in [0.1, 0.15) is 24.3 Å². The molecule has 24 heavy (non-hydrogen) atoms.